The van der Waals surface area contributed by atoms with Crippen molar-refractivity contribution in [1.82, 2.24) is 4.98 Å². The molecular formula is C31H40N2O3S. The Morgan fingerprint density at radius 2 is 1.95 bits per heavy atom. The Balaban J connectivity index is 1.74. The largest absolute Gasteiger partial charge is 0.491 e. The van der Waals surface area contributed by atoms with Crippen LogP contribution in [0.5, 0.6) is 5.75 Å². The van der Waals surface area contributed by atoms with Gasteiger partial charge in [0.05, 0.1) is 28.9 Å². The number of rotatable bonds is 9. The van der Waals surface area contributed by atoms with Crippen LogP contribution < -0.4 is 10.1 Å². The van der Waals surface area contributed by atoms with Gasteiger partial charge in [-0.2, -0.15) is 0 Å². The molecule has 1 aromatic heterocycles. The first kappa shape index (κ1) is 27.3. The van der Waals surface area contributed by atoms with Gasteiger partial charge < -0.3 is 10.1 Å². The van der Waals surface area contributed by atoms with Crippen LogP contribution in [0.2, 0.25) is 0 Å². The summed E-state index contributed by atoms with van der Waals surface area (Å²) >= 11 is 0. The van der Waals surface area contributed by atoms with Crippen molar-refractivity contribution in [2.24, 2.45) is 5.92 Å². The third kappa shape index (κ3) is 6.57. The molecule has 0 spiro atoms. The number of nitrogens with one attached hydrogen (secondary N) is 1. The number of sulfone groups is 1. The smallest absolute Gasteiger partial charge is 0.170 e. The van der Waals surface area contributed by atoms with Gasteiger partial charge in [0.1, 0.15) is 11.6 Å². The van der Waals surface area contributed by atoms with Gasteiger partial charge in [-0.25, -0.2) is 8.42 Å². The number of hydrogen-bond donors (Lipinski definition) is 1. The molecule has 2 aliphatic carbocycles. The minimum atomic E-state index is -3.08. The Hall–Kier alpha value is -2.78. The molecular weight excluding hydrogens is 480 g/mol. The minimum Gasteiger partial charge on any atom is -0.491 e. The number of allylic oxidation sites excluding steroid dienone is 2. The first-order valence-electron chi connectivity index (χ1n) is 13.7. The second-order valence-electron chi connectivity index (χ2n) is 10.6. The molecule has 198 valence electrons. The van der Waals surface area contributed by atoms with Gasteiger partial charge >= 0.3 is 0 Å². The Morgan fingerprint density at radius 3 is 2.57 bits per heavy atom. The van der Waals surface area contributed by atoms with Crippen LogP contribution in [0.3, 0.4) is 0 Å². The number of aromatic nitrogens is 1. The van der Waals surface area contributed by atoms with Gasteiger partial charge in [0.15, 0.2) is 9.84 Å². The minimum absolute atomic E-state index is 0.0429. The highest BCUT2D eigenvalue weighted by molar-refractivity contribution is 7.92. The van der Waals surface area contributed by atoms with Gasteiger partial charge in [-0.3, -0.25) is 4.98 Å². The first-order valence-corrected chi connectivity index (χ1v) is 15.4. The summed E-state index contributed by atoms with van der Waals surface area (Å²) in [6, 6.07) is 10.4. The SMILES string of the molecule is CCCC#CC1=C(c2ccc(NCS(=O)(=O)C3CC3)cn2)CC(CC)C(C)c2cc(OC(C)C)ccc21. The second-order valence-corrected chi connectivity index (χ2v) is 12.9. The maximum atomic E-state index is 12.3. The number of hydrogen-bond acceptors (Lipinski definition) is 5. The third-order valence-electron chi connectivity index (χ3n) is 7.33. The van der Waals surface area contributed by atoms with Crippen LogP contribution in [0.1, 0.15) is 95.9 Å². The zero-order valence-corrected chi connectivity index (χ0v) is 23.6. The summed E-state index contributed by atoms with van der Waals surface area (Å²) in [4.78, 5) is 4.80. The lowest BCUT2D eigenvalue weighted by molar-refractivity contribution is 0.242. The maximum Gasteiger partial charge on any atom is 0.170 e. The molecule has 2 atom stereocenters. The summed E-state index contributed by atoms with van der Waals surface area (Å²) < 4.78 is 30.6. The molecule has 5 nitrogen and oxygen atoms in total. The van der Waals surface area contributed by atoms with E-state index < -0.39 is 9.84 Å². The van der Waals surface area contributed by atoms with Crippen LogP contribution in [0, 0.1) is 17.8 Å². The molecule has 1 N–H and O–H groups in total. The molecule has 4 rings (SSSR count). The molecule has 0 amide bonds. The maximum absolute atomic E-state index is 12.3. The van der Waals surface area contributed by atoms with E-state index >= 15 is 0 Å². The number of unbranched alkanes of at least 4 members (excludes halogenated alkanes) is 1. The number of ether oxygens (including phenoxy) is 1. The molecule has 1 saturated carbocycles. The zero-order valence-electron chi connectivity index (χ0n) is 22.8. The van der Waals surface area contributed by atoms with Gasteiger partial charge in [0.25, 0.3) is 0 Å². The van der Waals surface area contributed by atoms with Gasteiger partial charge in [-0.1, -0.05) is 39.0 Å². The lowest BCUT2D eigenvalue weighted by atomic mass is 9.82. The van der Waals surface area contributed by atoms with Crippen molar-refractivity contribution in [3.63, 3.8) is 0 Å². The van der Waals surface area contributed by atoms with Gasteiger partial charge in [0.2, 0.25) is 0 Å². The van der Waals surface area contributed by atoms with E-state index in [0.29, 0.717) is 11.8 Å². The fourth-order valence-electron chi connectivity index (χ4n) is 5.00. The molecule has 1 aromatic carbocycles. The number of fused-ring (bicyclic) bond motifs is 1. The van der Waals surface area contributed by atoms with Crippen LogP contribution in [-0.2, 0) is 9.84 Å². The number of nitrogens with zero attached hydrogens (tertiary/aromatic N) is 1. The predicted molar refractivity (Wildman–Crippen MR) is 153 cm³/mol. The van der Waals surface area contributed by atoms with Gasteiger partial charge in [-0.05, 0) is 98.4 Å². The summed E-state index contributed by atoms with van der Waals surface area (Å²) in [6.07, 6.45) is 7.22. The van der Waals surface area contributed by atoms with E-state index in [0.717, 1.165) is 72.4 Å². The van der Waals surface area contributed by atoms with Crippen LogP contribution in [-0.4, -0.2) is 30.6 Å². The molecule has 2 aromatic rings. The molecule has 37 heavy (non-hydrogen) atoms. The van der Waals surface area contributed by atoms with Crippen LogP contribution in [0.25, 0.3) is 11.1 Å². The summed E-state index contributed by atoms with van der Waals surface area (Å²) in [7, 11) is -3.08. The van der Waals surface area contributed by atoms with Crippen LogP contribution in [0.15, 0.2) is 36.5 Å². The van der Waals surface area contributed by atoms with E-state index in [1.807, 2.05) is 12.1 Å². The highest BCUT2D eigenvalue weighted by Crippen LogP contribution is 2.45. The molecule has 1 fully saturated rings. The monoisotopic (exact) mass is 520 g/mol. The van der Waals surface area contributed by atoms with E-state index in [9.17, 15) is 8.42 Å². The van der Waals surface area contributed by atoms with Crippen molar-refractivity contribution in [3.8, 4) is 17.6 Å². The van der Waals surface area contributed by atoms with Crippen LogP contribution in [0.4, 0.5) is 5.69 Å². The Labute approximate surface area is 223 Å². The number of benzene rings is 1. The molecule has 2 unspecified atom stereocenters. The summed E-state index contributed by atoms with van der Waals surface area (Å²) in [6.45, 7) is 10.8. The highest BCUT2D eigenvalue weighted by atomic mass is 32.2. The normalized spacial score (nSPS) is 19.6. The van der Waals surface area contributed by atoms with Crippen molar-refractivity contribution < 1.29 is 13.2 Å². The van der Waals surface area contributed by atoms with E-state index in [-0.39, 0.29) is 17.2 Å². The average molecular weight is 521 g/mol. The molecule has 0 bridgehead atoms. The molecule has 6 heteroatoms. The van der Waals surface area contributed by atoms with Crippen molar-refractivity contribution in [3.05, 3.63) is 53.3 Å². The predicted octanol–water partition coefficient (Wildman–Crippen LogP) is 7.06. The zero-order chi connectivity index (χ0) is 26.6. The van der Waals surface area contributed by atoms with Crippen LogP contribution >= 0.6 is 0 Å². The molecule has 0 aliphatic heterocycles. The molecule has 1 heterocycles. The quantitative estimate of drug-likeness (QED) is 0.358. The second kappa shape index (κ2) is 11.7. The molecule has 0 radical (unpaired) electrons. The van der Waals surface area contributed by atoms with Crippen molar-refractivity contribution >= 4 is 26.7 Å². The lowest BCUT2D eigenvalue weighted by Gasteiger charge is -2.23. The topological polar surface area (TPSA) is 68.3 Å². The number of anilines is 1. The van der Waals surface area contributed by atoms with Gasteiger partial charge in [-0.15, -0.1) is 0 Å². The standard InChI is InChI=1S/C31H40N2O3S/c1-6-8-9-10-27-28-15-12-25(36-21(3)4)18-29(28)22(5)23(7-2)17-30(27)31-16-11-24(19-32-31)33-20-37(34,35)26-13-14-26/h11-12,15-16,18-19,21-23,26,33H,6-8,13-14,17,20H2,1-5H3. The summed E-state index contributed by atoms with van der Waals surface area (Å²) in [5.74, 6) is 8.56. The van der Waals surface area contributed by atoms with E-state index in [2.05, 4.69) is 70.0 Å². The van der Waals surface area contributed by atoms with E-state index in [1.165, 1.54) is 5.56 Å². The summed E-state index contributed by atoms with van der Waals surface area (Å²) in [5, 5.41) is 2.88. The van der Waals surface area contributed by atoms with Crippen molar-refractivity contribution in [1.29, 1.82) is 0 Å². The number of pyridine rings is 1. The highest BCUT2D eigenvalue weighted by Gasteiger charge is 2.35. The first-order chi connectivity index (χ1) is 17.7. The third-order valence-corrected chi connectivity index (χ3v) is 9.36. The average Bonchev–Trinajstić information content (AvgIpc) is 3.73. The van der Waals surface area contributed by atoms with Crippen molar-refractivity contribution in [2.45, 2.75) is 90.4 Å². The van der Waals surface area contributed by atoms with Gasteiger partial charge in [0, 0.05) is 12.0 Å². The van der Waals surface area contributed by atoms with E-state index in [1.54, 1.807) is 6.20 Å². The Bertz CT molecular complexity index is 1300. The fourth-order valence-corrected chi connectivity index (χ4v) is 6.46. The fraction of sp³-hybridized carbons (Fsp3) is 0.516. The Kier molecular flexibility index (Phi) is 8.64. The van der Waals surface area contributed by atoms with Crippen molar-refractivity contribution in [2.75, 3.05) is 11.2 Å². The molecule has 0 saturated heterocycles. The summed E-state index contributed by atoms with van der Waals surface area (Å²) in [5.41, 5.74) is 6.28. The molecule has 2 aliphatic rings. The van der Waals surface area contributed by atoms with E-state index in [4.69, 9.17) is 9.72 Å². The lowest BCUT2D eigenvalue weighted by Crippen LogP contribution is -2.18. The Morgan fingerprint density at radius 1 is 1.16 bits per heavy atom.